The minimum atomic E-state index is -1.01. The molecule has 12 heteroatoms. The van der Waals surface area contributed by atoms with Crippen LogP contribution in [0.15, 0.2) is 0 Å². The Labute approximate surface area is 157 Å². The van der Waals surface area contributed by atoms with Gasteiger partial charge in [0.15, 0.2) is 0 Å². The molecule has 0 aliphatic carbocycles. The lowest BCUT2D eigenvalue weighted by Crippen LogP contribution is -2.37. The van der Waals surface area contributed by atoms with Crippen LogP contribution in [0.3, 0.4) is 0 Å². The second-order valence-corrected chi connectivity index (χ2v) is 7.73. The van der Waals surface area contributed by atoms with Crippen LogP contribution < -0.4 is 16.0 Å². The Balaban J connectivity index is 1.52. The standard InChI is InChI=1S/C13H16Cl2N6O3S/c14-10-19-11(15)21-12(20-10)16-5(9(22)23)2-1-3-7-8-6(4-25-7)17-13(24)18-8/h5-8H,1-4H2,(H,22,23)(H2,17,18,24)(H,16,19,20,21)/t5?,6-,7-,8-/m0/s1. The average molecular weight is 407 g/mol. The van der Waals surface area contributed by atoms with Crippen LogP contribution in [0, 0.1) is 0 Å². The third-order valence-electron chi connectivity index (χ3n) is 4.10. The predicted octanol–water partition coefficient (Wildman–Crippen LogP) is 1.38. The summed E-state index contributed by atoms with van der Waals surface area (Å²) in [6.45, 7) is 0. The number of rotatable bonds is 7. The third kappa shape index (κ3) is 4.56. The summed E-state index contributed by atoms with van der Waals surface area (Å²) in [7, 11) is 0. The molecule has 2 amide bonds. The molecule has 1 unspecified atom stereocenters. The Morgan fingerprint density at radius 2 is 2.04 bits per heavy atom. The number of urea groups is 1. The summed E-state index contributed by atoms with van der Waals surface area (Å²) in [5, 5.41) is 18.0. The molecular formula is C13H16Cl2N6O3S. The number of amides is 2. The zero-order valence-electron chi connectivity index (χ0n) is 12.9. The molecule has 136 valence electrons. The van der Waals surface area contributed by atoms with Crippen molar-refractivity contribution in [3.63, 3.8) is 0 Å². The number of nitrogens with zero attached hydrogens (tertiary/aromatic N) is 3. The van der Waals surface area contributed by atoms with Crippen molar-refractivity contribution in [1.29, 1.82) is 0 Å². The van der Waals surface area contributed by atoms with Crippen LogP contribution in [0.4, 0.5) is 10.7 Å². The number of aliphatic carboxylic acids is 1. The molecule has 0 saturated carbocycles. The van der Waals surface area contributed by atoms with Gasteiger partial charge in [-0.1, -0.05) is 0 Å². The lowest BCUT2D eigenvalue weighted by Gasteiger charge is -2.18. The maximum Gasteiger partial charge on any atom is 0.326 e. The number of hydrogen-bond donors (Lipinski definition) is 4. The molecule has 0 spiro atoms. The molecule has 4 atom stereocenters. The van der Waals surface area contributed by atoms with Crippen LogP contribution >= 0.6 is 35.0 Å². The van der Waals surface area contributed by atoms with Gasteiger partial charge in [-0.3, -0.25) is 0 Å². The van der Waals surface area contributed by atoms with Crippen molar-refractivity contribution in [1.82, 2.24) is 25.6 Å². The predicted molar refractivity (Wildman–Crippen MR) is 94.2 cm³/mol. The SMILES string of the molecule is O=C1N[C@H]2[C@H](CS[C@H]2CCCC(Nc2nc(Cl)nc(Cl)n2)C(=O)O)N1. The van der Waals surface area contributed by atoms with Gasteiger partial charge in [0.1, 0.15) is 6.04 Å². The lowest BCUT2D eigenvalue weighted by molar-refractivity contribution is -0.138. The summed E-state index contributed by atoms with van der Waals surface area (Å²) in [6.07, 6.45) is 1.86. The number of nitrogens with one attached hydrogen (secondary N) is 3. The maximum absolute atomic E-state index is 11.5. The third-order valence-corrected chi connectivity index (χ3v) is 5.95. The molecule has 4 N–H and O–H groups in total. The monoisotopic (exact) mass is 406 g/mol. The molecular weight excluding hydrogens is 391 g/mol. The average Bonchev–Trinajstić information content (AvgIpc) is 3.05. The number of fused-ring (bicyclic) bond motifs is 1. The summed E-state index contributed by atoms with van der Waals surface area (Å²) in [5.74, 6) is -0.114. The van der Waals surface area contributed by atoms with Crippen LogP contribution in [0.1, 0.15) is 19.3 Å². The Hall–Kier alpha value is -1.52. The van der Waals surface area contributed by atoms with Gasteiger partial charge in [-0.15, -0.1) is 0 Å². The Morgan fingerprint density at radius 3 is 2.72 bits per heavy atom. The lowest BCUT2D eigenvalue weighted by atomic mass is 10.0. The smallest absolute Gasteiger partial charge is 0.326 e. The summed E-state index contributed by atoms with van der Waals surface area (Å²) >= 11 is 13.2. The first-order valence-corrected chi connectivity index (χ1v) is 9.48. The van der Waals surface area contributed by atoms with Crippen LogP contribution in [-0.4, -0.2) is 61.2 Å². The van der Waals surface area contributed by atoms with Gasteiger partial charge in [-0.25, -0.2) is 9.59 Å². The van der Waals surface area contributed by atoms with Crippen molar-refractivity contribution in [2.75, 3.05) is 11.1 Å². The molecule has 25 heavy (non-hydrogen) atoms. The number of halogens is 2. The van der Waals surface area contributed by atoms with Gasteiger partial charge in [0.05, 0.1) is 12.1 Å². The van der Waals surface area contributed by atoms with E-state index in [4.69, 9.17) is 23.2 Å². The summed E-state index contributed by atoms with van der Waals surface area (Å²) in [5.41, 5.74) is 0. The molecule has 0 radical (unpaired) electrons. The molecule has 2 fully saturated rings. The van der Waals surface area contributed by atoms with Crippen LogP contribution in [-0.2, 0) is 4.79 Å². The molecule has 1 aromatic rings. The number of carboxylic acids is 1. The highest BCUT2D eigenvalue weighted by Gasteiger charge is 2.42. The molecule has 2 saturated heterocycles. The van der Waals surface area contributed by atoms with Crippen LogP contribution in [0.25, 0.3) is 0 Å². The largest absolute Gasteiger partial charge is 0.480 e. The van der Waals surface area contributed by atoms with Crippen LogP contribution in [0.5, 0.6) is 0 Å². The van der Waals surface area contributed by atoms with Crippen molar-refractivity contribution >= 4 is 52.9 Å². The first kappa shape index (κ1) is 18.3. The number of carbonyl (C=O) groups excluding carboxylic acids is 1. The molecule has 0 aromatic carbocycles. The highest BCUT2D eigenvalue weighted by atomic mass is 35.5. The fraction of sp³-hybridized carbons (Fsp3) is 0.615. The Bertz CT molecular complexity index is 661. The minimum Gasteiger partial charge on any atom is -0.480 e. The first-order valence-electron chi connectivity index (χ1n) is 7.67. The van der Waals surface area contributed by atoms with E-state index in [-0.39, 0.29) is 39.9 Å². The molecule has 0 bridgehead atoms. The number of thioether (sulfide) groups is 1. The summed E-state index contributed by atoms with van der Waals surface area (Å²) in [6, 6.07) is -0.734. The summed E-state index contributed by atoms with van der Waals surface area (Å²) in [4.78, 5) is 34.1. The molecule has 3 heterocycles. The Kier molecular flexibility index (Phi) is 5.70. The van der Waals surface area contributed by atoms with Gasteiger partial charge in [0.2, 0.25) is 16.5 Å². The second kappa shape index (κ2) is 7.79. The van der Waals surface area contributed by atoms with E-state index in [9.17, 15) is 14.7 Å². The van der Waals surface area contributed by atoms with E-state index in [1.807, 2.05) is 0 Å². The highest BCUT2D eigenvalue weighted by molar-refractivity contribution is 8.00. The fourth-order valence-electron chi connectivity index (χ4n) is 2.97. The van der Waals surface area contributed by atoms with Crippen molar-refractivity contribution in [2.24, 2.45) is 0 Å². The van der Waals surface area contributed by atoms with Crippen molar-refractivity contribution in [3.05, 3.63) is 10.6 Å². The zero-order valence-corrected chi connectivity index (χ0v) is 15.2. The minimum absolute atomic E-state index is 0.0277. The molecule has 1 aromatic heterocycles. The highest BCUT2D eigenvalue weighted by Crippen LogP contribution is 2.33. The van der Waals surface area contributed by atoms with E-state index >= 15 is 0 Å². The molecule has 3 rings (SSSR count). The molecule has 2 aliphatic rings. The number of anilines is 1. The number of hydrogen-bond acceptors (Lipinski definition) is 7. The van der Waals surface area contributed by atoms with Gasteiger partial charge in [-0.05, 0) is 42.5 Å². The fourth-order valence-corrected chi connectivity index (χ4v) is 4.88. The van der Waals surface area contributed by atoms with Gasteiger partial charge in [-0.2, -0.15) is 26.7 Å². The van der Waals surface area contributed by atoms with Crippen LogP contribution in [0.2, 0.25) is 10.6 Å². The van der Waals surface area contributed by atoms with E-state index < -0.39 is 12.0 Å². The van der Waals surface area contributed by atoms with Crippen molar-refractivity contribution in [3.8, 4) is 0 Å². The van der Waals surface area contributed by atoms with Crippen molar-refractivity contribution < 1.29 is 14.7 Å². The van der Waals surface area contributed by atoms with Gasteiger partial charge in [0.25, 0.3) is 0 Å². The normalized spacial score (nSPS) is 25.8. The molecule has 9 nitrogen and oxygen atoms in total. The summed E-state index contributed by atoms with van der Waals surface area (Å²) < 4.78 is 0. The topological polar surface area (TPSA) is 129 Å². The maximum atomic E-state index is 11.5. The van der Waals surface area contributed by atoms with E-state index in [0.717, 1.165) is 12.2 Å². The van der Waals surface area contributed by atoms with E-state index in [1.54, 1.807) is 11.8 Å². The zero-order chi connectivity index (χ0) is 18.0. The van der Waals surface area contributed by atoms with Gasteiger partial charge in [0, 0.05) is 11.0 Å². The Morgan fingerprint density at radius 1 is 1.32 bits per heavy atom. The van der Waals surface area contributed by atoms with Crippen molar-refractivity contribution in [2.45, 2.75) is 42.6 Å². The van der Waals surface area contributed by atoms with E-state index in [2.05, 4.69) is 30.9 Å². The number of carbonyl (C=O) groups is 2. The van der Waals surface area contributed by atoms with E-state index in [1.165, 1.54) is 0 Å². The molecule has 2 aliphatic heterocycles. The van der Waals surface area contributed by atoms with Gasteiger partial charge >= 0.3 is 12.0 Å². The second-order valence-electron chi connectivity index (χ2n) is 5.79. The van der Waals surface area contributed by atoms with E-state index in [0.29, 0.717) is 12.8 Å². The quantitative estimate of drug-likeness (QED) is 0.499. The number of carboxylic acid groups (broad SMARTS) is 1. The first-order chi connectivity index (χ1) is 11.9. The number of aromatic nitrogens is 3. The van der Waals surface area contributed by atoms with Gasteiger partial charge < -0.3 is 21.1 Å².